The first-order chi connectivity index (χ1) is 10.1. The van der Waals surface area contributed by atoms with Crippen LogP contribution in [0.3, 0.4) is 0 Å². The van der Waals surface area contributed by atoms with E-state index in [1.54, 1.807) is 6.20 Å². The van der Waals surface area contributed by atoms with E-state index in [0.29, 0.717) is 17.3 Å². The Kier molecular flexibility index (Phi) is 3.80. The number of anilines is 1. The molecule has 108 valence electrons. The van der Waals surface area contributed by atoms with E-state index in [4.69, 9.17) is 17.3 Å². The molecule has 1 aromatic carbocycles. The Morgan fingerprint density at radius 2 is 2.10 bits per heavy atom. The highest BCUT2D eigenvalue weighted by molar-refractivity contribution is 6.31. The SMILES string of the molecule is Nc1cc(C2CC(=O)NC(c3ccccc3Cl)C2)ccn1. The molecule has 2 unspecified atom stereocenters. The van der Waals surface area contributed by atoms with Crippen LogP contribution in [0.5, 0.6) is 0 Å². The van der Waals surface area contributed by atoms with Gasteiger partial charge in [-0.2, -0.15) is 0 Å². The lowest BCUT2D eigenvalue weighted by Crippen LogP contribution is -2.36. The van der Waals surface area contributed by atoms with Crippen molar-refractivity contribution >= 4 is 23.3 Å². The second-order valence-electron chi connectivity index (χ2n) is 5.29. The Morgan fingerprint density at radius 3 is 2.86 bits per heavy atom. The highest BCUT2D eigenvalue weighted by Crippen LogP contribution is 2.37. The number of rotatable bonds is 2. The minimum Gasteiger partial charge on any atom is -0.384 e. The summed E-state index contributed by atoms with van der Waals surface area (Å²) in [7, 11) is 0. The molecule has 0 saturated carbocycles. The lowest BCUT2D eigenvalue weighted by molar-refractivity contribution is -0.123. The van der Waals surface area contributed by atoms with Crippen molar-refractivity contribution in [3.63, 3.8) is 0 Å². The van der Waals surface area contributed by atoms with Crippen LogP contribution in [0.4, 0.5) is 5.82 Å². The monoisotopic (exact) mass is 301 g/mol. The van der Waals surface area contributed by atoms with Crippen LogP contribution in [0, 0.1) is 0 Å². The lowest BCUT2D eigenvalue weighted by atomic mass is 9.84. The molecule has 1 fully saturated rings. The van der Waals surface area contributed by atoms with Crippen molar-refractivity contribution < 1.29 is 4.79 Å². The third-order valence-electron chi connectivity index (χ3n) is 3.84. The van der Waals surface area contributed by atoms with Gasteiger partial charge in [0.2, 0.25) is 5.91 Å². The normalized spacial score (nSPS) is 21.9. The summed E-state index contributed by atoms with van der Waals surface area (Å²) >= 11 is 6.24. The van der Waals surface area contributed by atoms with Crippen molar-refractivity contribution in [3.8, 4) is 0 Å². The molecule has 5 heteroatoms. The Labute approximate surface area is 128 Å². The Balaban J connectivity index is 1.89. The van der Waals surface area contributed by atoms with Gasteiger partial charge in [-0.25, -0.2) is 4.98 Å². The number of carbonyl (C=O) groups excluding carboxylic acids is 1. The fraction of sp³-hybridized carbons (Fsp3) is 0.250. The average molecular weight is 302 g/mol. The summed E-state index contributed by atoms with van der Waals surface area (Å²) in [6, 6.07) is 11.3. The minimum atomic E-state index is -0.0701. The molecule has 1 aliphatic heterocycles. The third-order valence-corrected chi connectivity index (χ3v) is 4.19. The van der Waals surface area contributed by atoms with Gasteiger partial charge in [-0.15, -0.1) is 0 Å². The first kappa shape index (κ1) is 13.9. The number of hydrogen-bond acceptors (Lipinski definition) is 3. The molecule has 1 saturated heterocycles. The maximum atomic E-state index is 12.0. The molecule has 1 aliphatic rings. The zero-order valence-corrected chi connectivity index (χ0v) is 12.2. The number of pyridine rings is 1. The average Bonchev–Trinajstić information content (AvgIpc) is 2.47. The molecule has 2 aromatic rings. The molecule has 0 radical (unpaired) electrons. The van der Waals surface area contributed by atoms with E-state index >= 15 is 0 Å². The summed E-state index contributed by atoms with van der Waals surface area (Å²) < 4.78 is 0. The smallest absolute Gasteiger partial charge is 0.221 e. The third kappa shape index (κ3) is 3.00. The number of halogens is 1. The Hall–Kier alpha value is -2.07. The van der Waals surface area contributed by atoms with E-state index in [-0.39, 0.29) is 17.9 Å². The molecular formula is C16H16ClN3O. The highest BCUT2D eigenvalue weighted by Gasteiger charge is 2.29. The molecule has 3 rings (SSSR count). The first-order valence-corrected chi connectivity index (χ1v) is 7.26. The van der Waals surface area contributed by atoms with Gasteiger partial charge >= 0.3 is 0 Å². The van der Waals surface area contributed by atoms with Crippen LogP contribution in [0.2, 0.25) is 5.02 Å². The van der Waals surface area contributed by atoms with Crippen LogP contribution in [0.15, 0.2) is 42.6 Å². The summed E-state index contributed by atoms with van der Waals surface area (Å²) in [5.41, 5.74) is 7.75. The van der Waals surface area contributed by atoms with Crippen LogP contribution in [0.1, 0.15) is 35.9 Å². The molecule has 1 amide bonds. The minimum absolute atomic E-state index is 0.0338. The first-order valence-electron chi connectivity index (χ1n) is 6.88. The van der Waals surface area contributed by atoms with Crippen LogP contribution >= 0.6 is 11.6 Å². The van der Waals surface area contributed by atoms with E-state index < -0.39 is 0 Å². The van der Waals surface area contributed by atoms with Gasteiger partial charge in [0.05, 0.1) is 6.04 Å². The molecule has 2 heterocycles. The zero-order chi connectivity index (χ0) is 14.8. The van der Waals surface area contributed by atoms with Gasteiger partial charge in [-0.3, -0.25) is 4.79 Å². The summed E-state index contributed by atoms with van der Waals surface area (Å²) in [5, 5.41) is 3.70. The predicted octanol–water partition coefficient (Wildman–Crippen LogP) is 3.05. The van der Waals surface area contributed by atoms with Gasteiger partial charge < -0.3 is 11.1 Å². The van der Waals surface area contributed by atoms with Crippen LogP contribution < -0.4 is 11.1 Å². The Morgan fingerprint density at radius 1 is 1.29 bits per heavy atom. The van der Waals surface area contributed by atoms with Crippen LogP contribution in [-0.4, -0.2) is 10.9 Å². The van der Waals surface area contributed by atoms with Crippen molar-refractivity contribution in [1.29, 1.82) is 0 Å². The van der Waals surface area contributed by atoms with Gasteiger partial charge in [0.1, 0.15) is 5.82 Å². The fourth-order valence-corrected chi connectivity index (χ4v) is 3.11. The maximum absolute atomic E-state index is 12.0. The van der Waals surface area contributed by atoms with Crippen molar-refractivity contribution in [2.24, 2.45) is 0 Å². The standard InChI is InChI=1S/C16H16ClN3O/c17-13-4-2-1-3-12(13)14-7-11(9-16(21)20-14)10-5-6-19-15(18)8-10/h1-6,8,11,14H,7,9H2,(H2,18,19)(H,20,21). The van der Waals surface area contributed by atoms with Crippen molar-refractivity contribution in [3.05, 3.63) is 58.7 Å². The lowest BCUT2D eigenvalue weighted by Gasteiger charge is -2.31. The van der Waals surface area contributed by atoms with Crippen LogP contribution in [-0.2, 0) is 4.79 Å². The number of nitrogens with one attached hydrogen (secondary N) is 1. The zero-order valence-electron chi connectivity index (χ0n) is 11.4. The molecule has 0 spiro atoms. The number of carbonyl (C=O) groups is 1. The number of hydrogen-bond donors (Lipinski definition) is 2. The maximum Gasteiger partial charge on any atom is 0.221 e. The summed E-state index contributed by atoms with van der Waals surface area (Å²) in [6.45, 7) is 0. The summed E-state index contributed by atoms with van der Waals surface area (Å²) in [5.74, 6) is 0.643. The number of piperidine rings is 1. The van der Waals surface area contributed by atoms with E-state index in [0.717, 1.165) is 17.5 Å². The molecule has 4 nitrogen and oxygen atoms in total. The largest absolute Gasteiger partial charge is 0.384 e. The van der Waals surface area contributed by atoms with E-state index in [9.17, 15) is 4.79 Å². The second-order valence-corrected chi connectivity index (χ2v) is 5.70. The van der Waals surface area contributed by atoms with Crippen molar-refractivity contribution in [1.82, 2.24) is 10.3 Å². The molecule has 2 atom stereocenters. The van der Waals surface area contributed by atoms with Crippen molar-refractivity contribution in [2.75, 3.05) is 5.73 Å². The van der Waals surface area contributed by atoms with Gasteiger partial charge in [-0.05, 0) is 41.7 Å². The Bertz CT molecular complexity index is 674. The van der Waals surface area contributed by atoms with Gasteiger partial charge in [0.25, 0.3) is 0 Å². The van der Waals surface area contributed by atoms with E-state index in [1.165, 1.54) is 0 Å². The molecule has 0 bridgehead atoms. The second kappa shape index (κ2) is 5.74. The number of nitrogens with two attached hydrogens (primary N) is 1. The van der Waals surface area contributed by atoms with Crippen LogP contribution in [0.25, 0.3) is 0 Å². The van der Waals surface area contributed by atoms with E-state index in [2.05, 4.69) is 10.3 Å². The van der Waals surface area contributed by atoms with Gasteiger partial charge in [-0.1, -0.05) is 29.8 Å². The van der Waals surface area contributed by atoms with Gasteiger partial charge in [0, 0.05) is 17.6 Å². The van der Waals surface area contributed by atoms with Gasteiger partial charge in [0.15, 0.2) is 0 Å². The quantitative estimate of drug-likeness (QED) is 0.896. The van der Waals surface area contributed by atoms with Crippen molar-refractivity contribution in [2.45, 2.75) is 24.8 Å². The summed E-state index contributed by atoms with van der Waals surface area (Å²) in [4.78, 5) is 16.0. The number of benzene rings is 1. The summed E-state index contributed by atoms with van der Waals surface area (Å²) in [6.07, 6.45) is 2.95. The fourth-order valence-electron chi connectivity index (χ4n) is 2.84. The topological polar surface area (TPSA) is 68.0 Å². The number of nitrogens with zero attached hydrogens (tertiary/aromatic N) is 1. The predicted molar refractivity (Wildman–Crippen MR) is 83.0 cm³/mol. The molecular weight excluding hydrogens is 286 g/mol. The van der Waals surface area contributed by atoms with E-state index in [1.807, 2.05) is 36.4 Å². The molecule has 0 aliphatic carbocycles. The highest BCUT2D eigenvalue weighted by atomic mass is 35.5. The number of amides is 1. The molecule has 21 heavy (non-hydrogen) atoms. The number of aromatic nitrogens is 1. The molecule has 3 N–H and O–H groups in total. The number of nitrogen functional groups attached to an aromatic ring is 1. The molecule has 1 aromatic heterocycles.